The van der Waals surface area contributed by atoms with Crippen LogP contribution in [-0.2, 0) is 0 Å². The SMILES string of the molecule is CCC[PH](O)(Cl)Cl. The van der Waals surface area contributed by atoms with Crippen molar-refractivity contribution >= 4 is 28.7 Å². The normalized spacial score (nSPS) is 14.3. The van der Waals surface area contributed by atoms with Gasteiger partial charge in [0.15, 0.2) is 0 Å². The van der Waals surface area contributed by atoms with E-state index in [0.29, 0.717) is 6.16 Å². The van der Waals surface area contributed by atoms with Crippen LogP contribution in [0.1, 0.15) is 13.3 Å². The second kappa shape index (κ2) is 3.09. The first-order valence-electron chi connectivity index (χ1n) is 2.16. The molecule has 0 heterocycles. The van der Waals surface area contributed by atoms with Crippen LogP contribution in [0.3, 0.4) is 0 Å². The second-order valence-electron chi connectivity index (χ2n) is 1.42. The van der Waals surface area contributed by atoms with Crippen molar-refractivity contribution in [2.24, 2.45) is 0 Å². The summed E-state index contributed by atoms with van der Waals surface area (Å²) in [5.41, 5.74) is 0. The van der Waals surface area contributed by atoms with Gasteiger partial charge in [-0.1, -0.05) is 0 Å². The van der Waals surface area contributed by atoms with Crippen molar-refractivity contribution in [1.82, 2.24) is 0 Å². The van der Waals surface area contributed by atoms with Gasteiger partial charge in [0, 0.05) is 0 Å². The van der Waals surface area contributed by atoms with Crippen molar-refractivity contribution in [2.75, 3.05) is 6.16 Å². The van der Waals surface area contributed by atoms with Crippen LogP contribution in [0, 0.1) is 0 Å². The summed E-state index contributed by atoms with van der Waals surface area (Å²) in [6, 6.07) is 0. The Hall–Kier alpha value is 0.970. The number of rotatable bonds is 2. The van der Waals surface area contributed by atoms with Gasteiger partial charge >= 0.3 is 53.1 Å². The van der Waals surface area contributed by atoms with Crippen LogP contribution in [0.25, 0.3) is 0 Å². The summed E-state index contributed by atoms with van der Waals surface area (Å²) in [7, 11) is 0. The zero-order valence-electron chi connectivity index (χ0n) is 4.12. The van der Waals surface area contributed by atoms with Gasteiger partial charge in [0.05, 0.1) is 0 Å². The summed E-state index contributed by atoms with van der Waals surface area (Å²) < 4.78 is 0. The third-order valence-corrected chi connectivity index (χ3v) is 2.79. The molecule has 0 atom stereocenters. The summed E-state index contributed by atoms with van der Waals surface area (Å²) >= 11 is 10.6. The standard InChI is InChI=1S/C3H9Cl2OP/c1-2-3-7(4,5)6/h6-7H,2-3H2,1H3. The van der Waals surface area contributed by atoms with Crippen molar-refractivity contribution in [3.63, 3.8) is 0 Å². The van der Waals surface area contributed by atoms with Crippen LogP contribution in [0.4, 0.5) is 0 Å². The predicted octanol–water partition coefficient (Wildman–Crippen LogP) is 2.36. The first kappa shape index (κ1) is 7.97. The fourth-order valence-corrected chi connectivity index (χ4v) is 2.04. The molecular formula is C3H9Cl2OP. The van der Waals surface area contributed by atoms with Crippen molar-refractivity contribution < 1.29 is 4.89 Å². The first-order chi connectivity index (χ1) is 3.06. The van der Waals surface area contributed by atoms with Crippen LogP contribution >= 0.6 is 28.7 Å². The van der Waals surface area contributed by atoms with Gasteiger partial charge in [0.2, 0.25) is 0 Å². The zero-order valence-corrected chi connectivity index (χ0v) is 6.63. The molecule has 0 rings (SSSR count). The molecule has 4 heteroatoms. The van der Waals surface area contributed by atoms with Crippen molar-refractivity contribution in [1.29, 1.82) is 0 Å². The molecule has 0 fully saturated rings. The van der Waals surface area contributed by atoms with E-state index in [-0.39, 0.29) is 0 Å². The van der Waals surface area contributed by atoms with Gasteiger partial charge in [-0.25, -0.2) is 0 Å². The minimum absolute atomic E-state index is 0.566. The van der Waals surface area contributed by atoms with E-state index in [1.165, 1.54) is 0 Å². The van der Waals surface area contributed by atoms with Crippen LogP contribution in [0.2, 0.25) is 0 Å². The molecule has 46 valence electrons. The Kier molecular flexibility index (Phi) is 3.52. The Labute approximate surface area is 53.6 Å². The van der Waals surface area contributed by atoms with Gasteiger partial charge in [0.1, 0.15) is 0 Å². The van der Waals surface area contributed by atoms with Gasteiger partial charge in [-0.3, -0.25) is 0 Å². The van der Waals surface area contributed by atoms with E-state index >= 15 is 0 Å². The van der Waals surface area contributed by atoms with Crippen molar-refractivity contribution in [2.45, 2.75) is 13.3 Å². The van der Waals surface area contributed by atoms with Gasteiger partial charge in [-0.15, -0.1) is 0 Å². The fraction of sp³-hybridized carbons (Fsp3) is 1.00. The molecule has 1 N–H and O–H groups in total. The Bertz CT molecular complexity index is 51.4. The van der Waals surface area contributed by atoms with E-state index in [1.54, 1.807) is 0 Å². The number of hydrogen-bond donors (Lipinski definition) is 1. The van der Waals surface area contributed by atoms with E-state index < -0.39 is 6.19 Å². The van der Waals surface area contributed by atoms with Gasteiger partial charge in [0.25, 0.3) is 0 Å². The molecule has 0 aliphatic heterocycles. The predicted molar refractivity (Wildman–Crippen MR) is 37.4 cm³/mol. The Morgan fingerprint density at radius 3 is 2.00 bits per heavy atom. The monoisotopic (exact) mass is 162 g/mol. The molecule has 0 aliphatic carbocycles. The maximum atomic E-state index is 8.69. The van der Waals surface area contributed by atoms with Crippen molar-refractivity contribution in [3.8, 4) is 0 Å². The molecule has 0 saturated heterocycles. The third kappa shape index (κ3) is 6.97. The van der Waals surface area contributed by atoms with E-state index in [2.05, 4.69) is 0 Å². The molecule has 0 spiro atoms. The molecule has 0 radical (unpaired) electrons. The Morgan fingerprint density at radius 2 is 2.00 bits per heavy atom. The molecule has 0 saturated carbocycles. The summed E-state index contributed by atoms with van der Waals surface area (Å²) in [6.45, 7) is 1.93. The summed E-state index contributed by atoms with van der Waals surface area (Å²) in [6.07, 6.45) is -1.29. The molecule has 0 aliphatic rings. The second-order valence-corrected chi connectivity index (χ2v) is 7.58. The molecule has 0 amide bonds. The molecular weight excluding hydrogens is 154 g/mol. The zero-order chi connectivity index (χ0) is 5.91. The number of halogens is 2. The van der Waals surface area contributed by atoms with Crippen LogP contribution in [0.5, 0.6) is 0 Å². The Balaban J connectivity index is 3.15. The molecule has 0 aromatic carbocycles. The average molecular weight is 163 g/mol. The van der Waals surface area contributed by atoms with E-state index in [0.717, 1.165) is 6.42 Å². The Morgan fingerprint density at radius 1 is 1.57 bits per heavy atom. The van der Waals surface area contributed by atoms with Gasteiger partial charge in [-0.05, 0) is 0 Å². The van der Waals surface area contributed by atoms with Crippen LogP contribution < -0.4 is 0 Å². The van der Waals surface area contributed by atoms with E-state index in [1.807, 2.05) is 6.92 Å². The van der Waals surface area contributed by atoms with Crippen LogP contribution in [0.15, 0.2) is 0 Å². The quantitative estimate of drug-likeness (QED) is 0.619. The molecule has 0 aromatic heterocycles. The summed E-state index contributed by atoms with van der Waals surface area (Å²) in [5, 5.41) is 0. The number of hydrogen-bond acceptors (Lipinski definition) is 1. The van der Waals surface area contributed by atoms with Gasteiger partial charge in [-0.2, -0.15) is 0 Å². The minimum atomic E-state index is -2.71. The fourth-order valence-electron chi connectivity index (χ4n) is 0.301. The molecule has 7 heavy (non-hydrogen) atoms. The van der Waals surface area contributed by atoms with Gasteiger partial charge < -0.3 is 0 Å². The van der Waals surface area contributed by atoms with E-state index in [9.17, 15) is 0 Å². The molecule has 0 bridgehead atoms. The maximum absolute atomic E-state index is 8.69. The first-order valence-corrected chi connectivity index (χ1v) is 6.34. The summed E-state index contributed by atoms with van der Waals surface area (Å²) in [4.78, 5) is 8.69. The van der Waals surface area contributed by atoms with Crippen molar-refractivity contribution in [3.05, 3.63) is 0 Å². The third-order valence-electron chi connectivity index (χ3n) is 0.551. The molecule has 0 unspecified atom stereocenters. The summed E-state index contributed by atoms with van der Waals surface area (Å²) in [5.74, 6) is 0. The van der Waals surface area contributed by atoms with E-state index in [4.69, 9.17) is 27.4 Å². The van der Waals surface area contributed by atoms with Crippen LogP contribution in [-0.4, -0.2) is 11.1 Å². The topological polar surface area (TPSA) is 20.2 Å². The molecule has 1 nitrogen and oxygen atoms in total. The average Bonchev–Trinajstić information content (AvgIpc) is 1.30. The molecule has 0 aromatic rings.